The lowest BCUT2D eigenvalue weighted by Gasteiger charge is -2.22. The normalized spacial score (nSPS) is 10.6. The minimum Gasteiger partial charge on any atom is -0.494 e. The number of aliphatic imine (C=N–C) groups is 1. The minimum absolute atomic E-state index is 0. The van der Waals surface area contributed by atoms with Crippen molar-refractivity contribution in [2.45, 2.75) is 20.4 Å². The molecule has 0 aliphatic carbocycles. The number of guanidine groups is 1. The Bertz CT molecular complexity index is 812. The quantitative estimate of drug-likeness (QED) is 0.226. The van der Waals surface area contributed by atoms with Gasteiger partial charge < -0.3 is 25.0 Å². The predicted molar refractivity (Wildman–Crippen MR) is 132 cm³/mol. The van der Waals surface area contributed by atoms with E-state index in [1.165, 1.54) is 12.5 Å². The first-order valence-corrected chi connectivity index (χ1v) is 9.65. The molecule has 0 saturated heterocycles. The summed E-state index contributed by atoms with van der Waals surface area (Å²) in [4.78, 5) is 17.5. The smallest absolute Gasteiger partial charge is 0.221 e. The maximum Gasteiger partial charge on any atom is 0.221 e. The highest BCUT2D eigenvalue weighted by atomic mass is 127. The van der Waals surface area contributed by atoms with Crippen LogP contribution < -0.4 is 20.1 Å². The van der Waals surface area contributed by atoms with Crippen LogP contribution in [0.3, 0.4) is 0 Å². The number of hydrogen-bond donors (Lipinski definition) is 2. The number of nitrogens with one attached hydrogen (secondary N) is 2. The molecule has 8 heteroatoms. The molecule has 0 aliphatic heterocycles. The van der Waals surface area contributed by atoms with E-state index in [1.54, 1.807) is 13.1 Å². The van der Waals surface area contributed by atoms with Crippen LogP contribution in [-0.2, 0) is 11.3 Å². The maximum absolute atomic E-state index is 11.1. The number of hydrogen-bond acceptors (Lipinski definition) is 4. The Morgan fingerprint density at radius 1 is 1.10 bits per heavy atom. The summed E-state index contributed by atoms with van der Waals surface area (Å²) >= 11 is 0. The number of nitrogens with zero attached hydrogens (tertiary/aromatic N) is 2. The molecular weight excluding hydrogens is 495 g/mol. The number of carbonyl (C=O) groups is 1. The van der Waals surface area contributed by atoms with E-state index >= 15 is 0 Å². The van der Waals surface area contributed by atoms with Crippen molar-refractivity contribution in [2.75, 3.05) is 39.2 Å². The third-order valence-electron chi connectivity index (χ3n) is 4.04. The van der Waals surface area contributed by atoms with Gasteiger partial charge in [0.15, 0.2) is 5.96 Å². The van der Waals surface area contributed by atoms with Crippen LogP contribution >= 0.6 is 24.0 Å². The van der Waals surface area contributed by atoms with Crippen molar-refractivity contribution in [3.8, 4) is 11.5 Å². The molecule has 2 aromatic rings. The van der Waals surface area contributed by atoms with Crippen LogP contribution in [-0.4, -0.2) is 50.6 Å². The highest BCUT2D eigenvalue weighted by Crippen LogP contribution is 2.17. The van der Waals surface area contributed by atoms with Gasteiger partial charge in [-0.15, -0.1) is 24.0 Å². The molecular formula is C22H31IN4O3. The third kappa shape index (κ3) is 8.89. The fourth-order valence-corrected chi connectivity index (χ4v) is 2.79. The Labute approximate surface area is 195 Å². The van der Waals surface area contributed by atoms with Gasteiger partial charge in [-0.05, 0) is 36.8 Å². The molecule has 0 radical (unpaired) electrons. The van der Waals surface area contributed by atoms with E-state index < -0.39 is 0 Å². The second kappa shape index (κ2) is 13.7. The van der Waals surface area contributed by atoms with Crippen molar-refractivity contribution in [3.05, 3.63) is 54.1 Å². The van der Waals surface area contributed by atoms with Crippen LogP contribution in [0.1, 0.15) is 19.4 Å². The number of anilines is 1. The van der Waals surface area contributed by atoms with Crippen molar-refractivity contribution >= 4 is 41.5 Å². The van der Waals surface area contributed by atoms with Gasteiger partial charge in [-0.2, -0.15) is 0 Å². The molecule has 0 fully saturated rings. The molecule has 2 rings (SSSR count). The summed E-state index contributed by atoms with van der Waals surface area (Å²) in [5.74, 6) is 2.26. The van der Waals surface area contributed by atoms with E-state index in [0.717, 1.165) is 18.3 Å². The molecule has 2 aromatic carbocycles. The van der Waals surface area contributed by atoms with E-state index in [-0.39, 0.29) is 29.9 Å². The van der Waals surface area contributed by atoms with Crippen LogP contribution in [0.5, 0.6) is 11.5 Å². The second-order valence-electron chi connectivity index (χ2n) is 6.46. The monoisotopic (exact) mass is 526 g/mol. The molecule has 1 amide bonds. The van der Waals surface area contributed by atoms with E-state index in [4.69, 9.17) is 9.47 Å². The first kappa shape index (κ1) is 25.5. The van der Waals surface area contributed by atoms with Gasteiger partial charge in [0.2, 0.25) is 5.91 Å². The summed E-state index contributed by atoms with van der Waals surface area (Å²) in [7, 11) is 3.75. The fraction of sp³-hybridized carbons (Fsp3) is 0.364. The second-order valence-corrected chi connectivity index (χ2v) is 6.46. The number of rotatable bonds is 9. The molecule has 0 bridgehead atoms. The predicted octanol–water partition coefficient (Wildman–Crippen LogP) is 3.75. The van der Waals surface area contributed by atoms with Crippen LogP contribution in [0.25, 0.3) is 0 Å². The van der Waals surface area contributed by atoms with Crippen molar-refractivity contribution in [1.29, 1.82) is 0 Å². The average molecular weight is 526 g/mol. The lowest BCUT2D eigenvalue weighted by molar-refractivity contribution is -0.114. The molecule has 0 saturated carbocycles. The van der Waals surface area contributed by atoms with Crippen molar-refractivity contribution in [3.63, 3.8) is 0 Å². The maximum atomic E-state index is 11.1. The van der Waals surface area contributed by atoms with Gasteiger partial charge in [-0.1, -0.05) is 18.2 Å². The molecule has 0 unspecified atom stereocenters. The standard InChI is InChI=1S/C22H30N4O3.HI/c1-5-28-20-11-9-18(10-12-20)16-26(4)22(23-3)24-13-14-29-21-8-6-7-19(15-21)25-17(2)27;/h6-12,15H,5,13-14,16H2,1-4H3,(H,23,24)(H,25,27);1H. The molecule has 0 spiro atoms. The minimum atomic E-state index is -0.108. The lowest BCUT2D eigenvalue weighted by atomic mass is 10.2. The molecule has 0 aliphatic rings. The molecule has 7 nitrogen and oxygen atoms in total. The first-order chi connectivity index (χ1) is 14.0. The van der Waals surface area contributed by atoms with Gasteiger partial charge in [-0.3, -0.25) is 9.79 Å². The summed E-state index contributed by atoms with van der Waals surface area (Å²) in [6.07, 6.45) is 0. The zero-order chi connectivity index (χ0) is 21.1. The Balaban J connectivity index is 0.00000450. The largest absolute Gasteiger partial charge is 0.494 e. The topological polar surface area (TPSA) is 75.2 Å². The van der Waals surface area contributed by atoms with Crippen molar-refractivity contribution in [1.82, 2.24) is 10.2 Å². The van der Waals surface area contributed by atoms with Crippen LogP contribution in [0.15, 0.2) is 53.5 Å². The summed E-state index contributed by atoms with van der Waals surface area (Å²) in [5.41, 5.74) is 1.89. The zero-order valence-corrected chi connectivity index (χ0v) is 20.3. The lowest BCUT2D eigenvalue weighted by Crippen LogP contribution is -2.40. The Hall–Kier alpha value is -2.49. The fourth-order valence-electron chi connectivity index (χ4n) is 2.79. The Kier molecular flexibility index (Phi) is 11.7. The van der Waals surface area contributed by atoms with Gasteiger partial charge in [0.1, 0.15) is 18.1 Å². The van der Waals surface area contributed by atoms with Gasteiger partial charge in [0.05, 0.1) is 13.2 Å². The number of amides is 1. The Morgan fingerprint density at radius 3 is 2.47 bits per heavy atom. The van der Waals surface area contributed by atoms with Gasteiger partial charge >= 0.3 is 0 Å². The average Bonchev–Trinajstić information content (AvgIpc) is 2.69. The zero-order valence-electron chi connectivity index (χ0n) is 18.0. The van der Waals surface area contributed by atoms with Crippen LogP contribution in [0.2, 0.25) is 0 Å². The SMILES string of the molecule is CCOc1ccc(CN(C)C(=NC)NCCOc2cccc(NC(C)=O)c2)cc1.I. The highest BCUT2D eigenvalue weighted by Gasteiger charge is 2.07. The van der Waals surface area contributed by atoms with Crippen molar-refractivity contribution < 1.29 is 14.3 Å². The molecule has 0 heterocycles. The molecule has 30 heavy (non-hydrogen) atoms. The number of ether oxygens (including phenoxy) is 2. The third-order valence-corrected chi connectivity index (χ3v) is 4.04. The first-order valence-electron chi connectivity index (χ1n) is 9.65. The van der Waals surface area contributed by atoms with E-state index in [9.17, 15) is 4.79 Å². The van der Waals surface area contributed by atoms with Gasteiger partial charge in [0.25, 0.3) is 0 Å². The molecule has 164 valence electrons. The Morgan fingerprint density at radius 2 is 1.83 bits per heavy atom. The van der Waals surface area contributed by atoms with E-state index in [2.05, 4.69) is 27.8 Å². The number of halogens is 1. The molecule has 0 atom stereocenters. The molecule has 2 N–H and O–H groups in total. The summed E-state index contributed by atoms with van der Waals surface area (Å²) in [6, 6.07) is 15.4. The van der Waals surface area contributed by atoms with E-state index in [1.807, 2.05) is 49.2 Å². The summed E-state index contributed by atoms with van der Waals surface area (Å²) in [6.45, 7) is 5.92. The summed E-state index contributed by atoms with van der Waals surface area (Å²) in [5, 5.41) is 6.04. The van der Waals surface area contributed by atoms with Gasteiger partial charge in [0, 0.05) is 39.3 Å². The number of carbonyl (C=O) groups excluding carboxylic acids is 1. The van der Waals surface area contributed by atoms with Crippen molar-refractivity contribution in [2.24, 2.45) is 4.99 Å². The highest BCUT2D eigenvalue weighted by molar-refractivity contribution is 14.0. The van der Waals surface area contributed by atoms with Gasteiger partial charge in [-0.25, -0.2) is 0 Å². The summed E-state index contributed by atoms with van der Waals surface area (Å²) < 4.78 is 11.2. The van der Waals surface area contributed by atoms with E-state index in [0.29, 0.717) is 31.2 Å². The number of benzene rings is 2. The van der Waals surface area contributed by atoms with Crippen LogP contribution in [0, 0.1) is 0 Å². The van der Waals surface area contributed by atoms with Crippen LogP contribution in [0.4, 0.5) is 5.69 Å². The molecule has 0 aromatic heterocycles.